The first-order chi connectivity index (χ1) is 13.0. The molecule has 0 aliphatic carbocycles. The maximum absolute atomic E-state index is 12.9. The number of thiophene rings is 1. The minimum atomic E-state index is -0.387. The molecule has 27 heavy (non-hydrogen) atoms. The van der Waals surface area contributed by atoms with Crippen LogP contribution in [0.15, 0.2) is 46.9 Å². The van der Waals surface area contributed by atoms with E-state index in [2.05, 4.69) is 5.10 Å². The van der Waals surface area contributed by atoms with Crippen LogP contribution in [-0.2, 0) is 9.59 Å². The van der Waals surface area contributed by atoms with Crippen molar-refractivity contribution in [3.05, 3.63) is 57.2 Å². The van der Waals surface area contributed by atoms with E-state index >= 15 is 0 Å². The number of amides is 3. The summed E-state index contributed by atoms with van der Waals surface area (Å²) in [5.41, 5.74) is 1.66. The van der Waals surface area contributed by atoms with E-state index in [-0.39, 0.29) is 35.4 Å². The molecule has 0 N–H and O–H groups in total. The van der Waals surface area contributed by atoms with E-state index in [9.17, 15) is 14.4 Å². The second kappa shape index (κ2) is 7.46. The third-order valence-electron chi connectivity index (χ3n) is 4.35. The summed E-state index contributed by atoms with van der Waals surface area (Å²) in [7, 11) is 0. The van der Waals surface area contributed by atoms with Crippen molar-refractivity contribution in [2.24, 2.45) is 5.10 Å². The quantitative estimate of drug-likeness (QED) is 0.756. The van der Waals surface area contributed by atoms with Crippen molar-refractivity contribution in [1.82, 2.24) is 9.91 Å². The minimum absolute atomic E-state index is 0.0831. The summed E-state index contributed by atoms with van der Waals surface area (Å²) in [5.74, 6) is -0.631. The van der Waals surface area contributed by atoms with Gasteiger partial charge in [0.15, 0.2) is 0 Å². The molecule has 4 rings (SSSR count). The Morgan fingerprint density at radius 1 is 1.22 bits per heavy atom. The van der Waals surface area contributed by atoms with Gasteiger partial charge in [-0.15, -0.1) is 11.3 Å². The number of thioether (sulfide) groups is 1. The van der Waals surface area contributed by atoms with E-state index in [4.69, 9.17) is 11.6 Å². The Hall–Kier alpha value is -2.16. The van der Waals surface area contributed by atoms with Gasteiger partial charge in [0, 0.05) is 16.3 Å². The number of nitrogens with zero attached hydrogens (tertiary/aromatic N) is 3. The maximum Gasteiger partial charge on any atom is 0.289 e. The lowest BCUT2D eigenvalue weighted by Gasteiger charge is -2.22. The molecule has 1 saturated heterocycles. The fraction of sp³-hybridized carbons (Fsp3) is 0.222. The molecule has 138 valence electrons. The lowest BCUT2D eigenvalue weighted by Crippen LogP contribution is -2.40. The van der Waals surface area contributed by atoms with Gasteiger partial charge in [-0.05, 0) is 29.1 Å². The molecule has 2 aliphatic rings. The fourth-order valence-electron chi connectivity index (χ4n) is 3.00. The van der Waals surface area contributed by atoms with Crippen molar-refractivity contribution < 1.29 is 14.4 Å². The molecule has 0 spiro atoms. The standard InChI is InChI=1S/C18H14ClN3O3S2/c19-12-5-3-11(4-6-12)13-8-14(15-2-1-7-26-15)22(20-13)16(23)9-21-17(24)10-27-18(21)25/h1-7,14H,8-10H2. The Kier molecular flexibility index (Phi) is 5.03. The third-order valence-corrected chi connectivity index (χ3v) is 6.43. The molecule has 2 aliphatic heterocycles. The molecule has 1 aromatic carbocycles. The fourth-order valence-corrected chi connectivity index (χ4v) is 4.66. The van der Waals surface area contributed by atoms with Crippen molar-refractivity contribution in [3.63, 3.8) is 0 Å². The monoisotopic (exact) mass is 419 g/mol. The topological polar surface area (TPSA) is 70.1 Å². The number of carbonyl (C=O) groups excluding carboxylic acids is 3. The number of imide groups is 1. The Balaban J connectivity index is 1.61. The van der Waals surface area contributed by atoms with Gasteiger partial charge < -0.3 is 0 Å². The van der Waals surface area contributed by atoms with Crippen LogP contribution in [0.5, 0.6) is 0 Å². The predicted molar refractivity (Wildman–Crippen MR) is 106 cm³/mol. The Morgan fingerprint density at radius 3 is 2.63 bits per heavy atom. The molecule has 1 fully saturated rings. The molecule has 3 heterocycles. The van der Waals surface area contributed by atoms with Crippen molar-refractivity contribution in [3.8, 4) is 0 Å². The van der Waals surface area contributed by atoms with E-state index in [0.29, 0.717) is 11.4 Å². The number of hydrogen-bond acceptors (Lipinski definition) is 6. The van der Waals surface area contributed by atoms with Crippen LogP contribution in [0.3, 0.4) is 0 Å². The number of hydrogen-bond donors (Lipinski definition) is 0. The Morgan fingerprint density at radius 2 is 2.00 bits per heavy atom. The molecule has 0 radical (unpaired) electrons. The largest absolute Gasteiger partial charge is 0.289 e. The molecule has 6 nitrogen and oxygen atoms in total. The third kappa shape index (κ3) is 3.65. The van der Waals surface area contributed by atoms with Gasteiger partial charge in [-0.1, -0.05) is 41.6 Å². The van der Waals surface area contributed by atoms with Gasteiger partial charge in [0.05, 0.1) is 17.5 Å². The van der Waals surface area contributed by atoms with Crippen LogP contribution < -0.4 is 0 Å². The van der Waals surface area contributed by atoms with E-state index in [1.807, 2.05) is 29.6 Å². The molecule has 0 bridgehead atoms. The van der Waals surface area contributed by atoms with E-state index in [0.717, 1.165) is 32.8 Å². The Labute approximate surface area is 168 Å². The van der Waals surface area contributed by atoms with Gasteiger partial charge in [0.25, 0.3) is 11.1 Å². The van der Waals surface area contributed by atoms with Crippen LogP contribution in [0.2, 0.25) is 5.02 Å². The molecule has 3 amide bonds. The molecule has 1 atom stereocenters. The predicted octanol–water partition coefficient (Wildman–Crippen LogP) is 3.77. The molecule has 1 aromatic heterocycles. The van der Waals surface area contributed by atoms with Crippen LogP contribution in [0, 0.1) is 0 Å². The number of benzene rings is 1. The summed E-state index contributed by atoms with van der Waals surface area (Å²) in [6, 6.07) is 10.9. The number of rotatable bonds is 4. The summed E-state index contributed by atoms with van der Waals surface area (Å²) < 4.78 is 0. The molecular formula is C18H14ClN3O3S2. The average Bonchev–Trinajstić information content (AvgIpc) is 3.38. The zero-order chi connectivity index (χ0) is 19.0. The molecule has 0 saturated carbocycles. The SMILES string of the molecule is O=C1CSC(=O)N1CC(=O)N1N=C(c2ccc(Cl)cc2)CC1c1cccs1. The molecule has 2 aromatic rings. The molecule has 1 unspecified atom stereocenters. The minimum Gasteiger partial charge on any atom is -0.273 e. The van der Waals surface area contributed by atoms with Gasteiger partial charge in [0.2, 0.25) is 5.91 Å². The number of hydrazone groups is 1. The van der Waals surface area contributed by atoms with Gasteiger partial charge in [-0.2, -0.15) is 5.10 Å². The van der Waals surface area contributed by atoms with Gasteiger partial charge in [-0.3, -0.25) is 19.3 Å². The van der Waals surface area contributed by atoms with Crippen LogP contribution in [-0.4, -0.2) is 45.0 Å². The van der Waals surface area contributed by atoms with Crippen molar-refractivity contribution in [2.75, 3.05) is 12.3 Å². The Bertz CT molecular complexity index is 912. The zero-order valence-electron chi connectivity index (χ0n) is 14.0. The van der Waals surface area contributed by atoms with E-state index in [1.54, 1.807) is 23.5 Å². The highest BCUT2D eigenvalue weighted by molar-refractivity contribution is 8.14. The highest BCUT2D eigenvalue weighted by atomic mass is 35.5. The normalized spacial score (nSPS) is 19.7. The number of halogens is 1. The zero-order valence-corrected chi connectivity index (χ0v) is 16.4. The summed E-state index contributed by atoms with van der Waals surface area (Å²) in [6.07, 6.45) is 0.560. The van der Waals surface area contributed by atoms with E-state index in [1.165, 1.54) is 5.01 Å². The van der Waals surface area contributed by atoms with Crippen molar-refractivity contribution in [1.29, 1.82) is 0 Å². The van der Waals surface area contributed by atoms with Crippen molar-refractivity contribution in [2.45, 2.75) is 12.5 Å². The summed E-state index contributed by atoms with van der Waals surface area (Å²) >= 11 is 8.42. The van der Waals surface area contributed by atoms with Crippen LogP contribution in [0.4, 0.5) is 4.79 Å². The number of carbonyl (C=O) groups is 3. The molecular weight excluding hydrogens is 406 g/mol. The summed E-state index contributed by atoms with van der Waals surface area (Å²) in [5, 5.41) is 8.12. The second-order valence-electron chi connectivity index (χ2n) is 6.06. The smallest absolute Gasteiger partial charge is 0.273 e. The van der Waals surface area contributed by atoms with Crippen LogP contribution in [0.25, 0.3) is 0 Å². The summed E-state index contributed by atoms with van der Waals surface area (Å²) in [6.45, 7) is -0.288. The van der Waals surface area contributed by atoms with Crippen LogP contribution >= 0.6 is 34.7 Å². The van der Waals surface area contributed by atoms with Gasteiger partial charge in [0.1, 0.15) is 6.54 Å². The second-order valence-corrected chi connectivity index (χ2v) is 8.40. The first-order valence-electron chi connectivity index (χ1n) is 8.19. The van der Waals surface area contributed by atoms with Gasteiger partial charge in [-0.25, -0.2) is 5.01 Å². The maximum atomic E-state index is 12.9. The van der Waals surface area contributed by atoms with Gasteiger partial charge >= 0.3 is 0 Å². The van der Waals surface area contributed by atoms with Crippen LogP contribution in [0.1, 0.15) is 22.9 Å². The van der Waals surface area contributed by atoms with E-state index < -0.39 is 0 Å². The highest BCUT2D eigenvalue weighted by Crippen LogP contribution is 2.35. The summed E-state index contributed by atoms with van der Waals surface area (Å²) in [4.78, 5) is 38.5. The lowest BCUT2D eigenvalue weighted by molar-refractivity contribution is -0.137. The highest BCUT2D eigenvalue weighted by Gasteiger charge is 2.38. The van der Waals surface area contributed by atoms with Crippen molar-refractivity contribution >= 4 is 57.5 Å². The lowest BCUT2D eigenvalue weighted by atomic mass is 10.0. The first-order valence-corrected chi connectivity index (χ1v) is 10.4. The first kappa shape index (κ1) is 18.2. The molecule has 9 heteroatoms. The average molecular weight is 420 g/mol.